The molecule has 0 atom stereocenters. The zero-order valence-corrected chi connectivity index (χ0v) is 18.1. The molecule has 2 fully saturated rings. The number of nitrogens with one attached hydrogen (secondary N) is 1. The lowest BCUT2D eigenvalue weighted by Gasteiger charge is -2.42. The number of hydrogen-bond donors (Lipinski definition) is 1. The number of urea groups is 1. The van der Waals surface area contributed by atoms with Crippen molar-refractivity contribution in [2.75, 3.05) is 38.6 Å². The number of amides is 4. The molecule has 4 rings (SSSR count). The van der Waals surface area contributed by atoms with Crippen LogP contribution in [0.3, 0.4) is 0 Å². The first kappa shape index (κ1) is 21.6. The van der Waals surface area contributed by atoms with Crippen LogP contribution in [0.4, 0.5) is 10.5 Å². The SMILES string of the molecule is COc1cccc(NC(=O)N2CCC(N3CCN(Cc4ccccn4)C(=O)C3=O)CC2)c1. The van der Waals surface area contributed by atoms with Crippen LogP contribution in [0.15, 0.2) is 48.7 Å². The van der Waals surface area contributed by atoms with Gasteiger partial charge in [-0.3, -0.25) is 14.6 Å². The van der Waals surface area contributed by atoms with E-state index in [9.17, 15) is 14.4 Å². The molecule has 32 heavy (non-hydrogen) atoms. The zero-order chi connectivity index (χ0) is 22.5. The van der Waals surface area contributed by atoms with Crippen LogP contribution in [0.1, 0.15) is 18.5 Å². The number of anilines is 1. The fourth-order valence-corrected chi connectivity index (χ4v) is 4.16. The topological polar surface area (TPSA) is 95.1 Å². The number of aromatic nitrogens is 1. The molecule has 3 heterocycles. The summed E-state index contributed by atoms with van der Waals surface area (Å²) in [5, 5.41) is 2.89. The van der Waals surface area contributed by atoms with Gasteiger partial charge in [0, 0.05) is 50.2 Å². The Morgan fingerprint density at radius 2 is 1.88 bits per heavy atom. The van der Waals surface area contributed by atoms with Gasteiger partial charge in [0.2, 0.25) is 0 Å². The van der Waals surface area contributed by atoms with Crippen molar-refractivity contribution in [1.82, 2.24) is 19.7 Å². The minimum absolute atomic E-state index is 0.0377. The second-order valence-corrected chi connectivity index (χ2v) is 7.93. The molecule has 0 saturated carbocycles. The monoisotopic (exact) mass is 437 g/mol. The van der Waals surface area contributed by atoms with Crippen molar-refractivity contribution in [1.29, 1.82) is 0 Å². The molecule has 2 aliphatic heterocycles. The maximum absolute atomic E-state index is 12.8. The number of piperidine rings is 1. The molecule has 4 amide bonds. The number of ether oxygens (including phenoxy) is 1. The molecule has 2 saturated heterocycles. The predicted molar refractivity (Wildman–Crippen MR) is 118 cm³/mol. The van der Waals surface area contributed by atoms with Crippen LogP contribution in [0.2, 0.25) is 0 Å². The van der Waals surface area contributed by atoms with E-state index >= 15 is 0 Å². The summed E-state index contributed by atoms with van der Waals surface area (Å²) in [5.74, 6) is -0.279. The average molecular weight is 438 g/mol. The van der Waals surface area contributed by atoms with Crippen LogP contribution in [-0.2, 0) is 16.1 Å². The molecule has 9 nitrogen and oxygen atoms in total. The van der Waals surface area contributed by atoms with Crippen LogP contribution < -0.4 is 10.1 Å². The Balaban J connectivity index is 1.29. The predicted octanol–water partition coefficient (Wildman–Crippen LogP) is 1.96. The maximum atomic E-state index is 12.8. The molecule has 0 unspecified atom stereocenters. The van der Waals surface area contributed by atoms with Crippen LogP contribution in [0.25, 0.3) is 0 Å². The number of benzene rings is 1. The number of piperazine rings is 1. The number of rotatable bonds is 5. The molecule has 9 heteroatoms. The summed E-state index contributed by atoms with van der Waals surface area (Å²) in [4.78, 5) is 47.2. The van der Waals surface area contributed by atoms with Crippen molar-refractivity contribution in [3.63, 3.8) is 0 Å². The highest BCUT2D eigenvalue weighted by molar-refractivity contribution is 6.35. The van der Waals surface area contributed by atoms with E-state index in [2.05, 4.69) is 10.3 Å². The largest absolute Gasteiger partial charge is 0.497 e. The Morgan fingerprint density at radius 1 is 1.06 bits per heavy atom. The van der Waals surface area contributed by atoms with E-state index in [1.165, 1.54) is 0 Å². The maximum Gasteiger partial charge on any atom is 0.321 e. The minimum atomic E-state index is -0.486. The third-order valence-electron chi connectivity index (χ3n) is 5.93. The third-order valence-corrected chi connectivity index (χ3v) is 5.93. The fraction of sp³-hybridized carbons (Fsp3) is 0.391. The average Bonchev–Trinajstić information content (AvgIpc) is 2.83. The van der Waals surface area contributed by atoms with E-state index in [1.54, 1.807) is 34.1 Å². The Morgan fingerprint density at radius 3 is 2.59 bits per heavy atom. The lowest BCUT2D eigenvalue weighted by atomic mass is 10.0. The number of carbonyl (C=O) groups is 3. The molecule has 1 aromatic heterocycles. The van der Waals surface area contributed by atoms with Crippen molar-refractivity contribution in [2.24, 2.45) is 0 Å². The molecule has 2 aliphatic rings. The quantitative estimate of drug-likeness (QED) is 0.722. The summed E-state index contributed by atoms with van der Waals surface area (Å²) in [5.41, 5.74) is 1.43. The van der Waals surface area contributed by atoms with Gasteiger partial charge in [-0.1, -0.05) is 12.1 Å². The van der Waals surface area contributed by atoms with Gasteiger partial charge in [0.05, 0.1) is 19.3 Å². The molecular formula is C23H27N5O4. The van der Waals surface area contributed by atoms with Gasteiger partial charge in [-0.15, -0.1) is 0 Å². The number of nitrogens with zero attached hydrogens (tertiary/aromatic N) is 4. The summed E-state index contributed by atoms with van der Waals surface area (Å²) in [6, 6.07) is 12.5. The third kappa shape index (κ3) is 4.82. The van der Waals surface area contributed by atoms with Crippen molar-refractivity contribution >= 4 is 23.5 Å². The second-order valence-electron chi connectivity index (χ2n) is 7.93. The Bertz CT molecular complexity index is 975. The van der Waals surface area contributed by atoms with Gasteiger partial charge in [-0.2, -0.15) is 0 Å². The first-order valence-electron chi connectivity index (χ1n) is 10.7. The minimum Gasteiger partial charge on any atom is -0.497 e. The van der Waals surface area contributed by atoms with Gasteiger partial charge in [0.15, 0.2) is 0 Å². The highest BCUT2D eigenvalue weighted by Crippen LogP contribution is 2.22. The number of hydrogen-bond acceptors (Lipinski definition) is 5. The van der Waals surface area contributed by atoms with Gasteiger partial charge in [0.1, 0.15) is 5.75 Å². The van der Waals surface area contributed by atoms with E-state index in [1.807, 2.05) is 36.4 Å². The van der Waals surface area contributed by atoms with Crippen molar-refractivity contribution in [3.05, 3.63) is 54.4 Å². The zero-order valence-electron chi connectivity index (χ0n) is 18.1. The Kier molecular flexibility index (Phi) is 6.53. The van der Waals surface area contributed by atoms with Crippen LogP contribution >= 0.6 is 0 Å². The Hall–Kier alpha value is -3.62. The summed E-state index contributed by atoms with van der Waals surface area (Å²) in [6.07, 6.45) is 2.96. The number of likely N-dealkylation sites (tertiary alicyclic amines) is 1. The molecule has 0 bridgehead atoms. The van der Waals surface area contributed by atoms with E-state index < -0.39 is 11.8 Å². The fourth-order valence-electron chi connectivity index (χ4n) is 4.16. The number of pyridine rings is 1. The summed E-state index contributed by atoms with van der Waals surface area (Å²) in [6.45, 7) is 2.37. The molecule has 1 aromatic carbocycles. The van der Waals surface area contributed by atoms with E-state index in [0.29, 0.717) is 57.0 Å². The van der Waals surface area contributed by atoms with Gasteiger partial charge < -0.3 is 24.8 Å². The first-order valence-corrected chi connectivity index (χ1v) is 10.7. The Labute approximate surface area is 187 Å². The molecule has 0 aliphatic carbocycles. The molecule has 2 aromatic rings. The smallest absolute Gasteiger partial charge is 0.321 e. The van der Waals surface area contributed by atoms with Crippen molar-refractivity contribution in [2.45, 2.75) is 25.4 Å². The molecule has 0 radical (unpaired) electrons. The number of methoxy groups -OCH3 is 1. The molecule has 1 N–H and O–H groups in total. The molecular weight excluding hydrogens is 410 g/mol. The lowest BCUT2D eigenvalue weighted by Crippen LogP contribution is -2.59. The summed E-state index contributed by atoms with van der Waals surface area (Å²) in [7, 11) is 1.58. The standard InChI is InChI=1S/C23H27N5O4/c1-32-20-7-4-6-17(15-20)25-23(31)26-11-8-19(9-12-26)28-14-13-27(21(29)22(28)30)16-18-5-2-3-10-24-18/h2-7,10,15,19H,8-9,11-14,16H2,1H3,(H,25,31). The van der Waals surface area contributed by atoms with Gasteiger partial charge in [-0.25, -0.2) is 4.79 Å². The van der Waals surface area contributed by atoms with Crippen LogP contribution in [0.5, 0.6) is 5.75 Å². The van der Waals surface area contributed by atoms with E-state index in [0.717, 1.165) is 5.69 Å². The van der Waals surface area contributed by atoms with Gasteiger partial charge in [-0.05, 0) is 37.1 Å². The first-order chi connectivity index (χ1) is 15.5. The van der Waals surface area contributed by atoms with Crippen molar-refractivity contribution < 1.29 is 19.1 Å². The number of carbonyl (C=O) groups excluding carboxylic acids is 3. The van der Waals surface area contributed by atoms with Gasteiger partial charge >= 0.3 is 17.8 Å². The summed E-state index contributed by atoms with van der Waals surface area (Å²) >= 11 is 0. The molecule has 0 spiro atoms. The normalized spacial score (nSPS) is 17.5. The van der Waals surface area contributed by atoms with Crippen LogP contribution in [-0.4, -0.2) is 76.9 Å². The summed E-state index contributed by atoms with van der Waals surface area (Å²) < 4.78 is 5.19. The van der Waals surface area contributed by atoms with Crippen molar-refractivity contribution in [3.8, 4) is 5.75 Å². The molecule has 168 valence electrons. The van der Waals surface area contributed by atoms with E-state index in [-0.39, 0.29) is 12.1 Å². The second kappa shape index (κ2) is 9.67. The van der Waals surface area contributed by atoms with Gasteiger partial charge in [0.25, 0.3) is 0 Å². The highest BCUT2D eigenvalue weighted by atomic mass is 16.5. The highest BCUT2D eigenvalue weighted by Gasteiger charge is 2.38. The lowest BCUT2D eigenvalue weighted by molar-refractivity contribution is -0.158. The van der Waals surface area contributed by atoms with Crippen LogP contribution in [0, 0.1) is 0 Å². The van der Waals surface area contributed by atoms with E-state index in [4.69, 9.17) is 4.74 Å².